The Morgan fingerprint density at radius 1 is 1.30 bits per heavy atom. The van der Waals surface area contributed by atoms with Crippen molar-refractivity contribution >= 4 is 23.5 Å². The van der Waals surface area contributed by atoms with Crippen molar-refractivity contribution in [1.82, 2.24) is 4.90 Å². The normalized spacial score (nSPS) is 9.75. The Kier molecular flexibility index (Phi) is 5.71. The molecule has 0 radical (unpaired) electrons. The molecule has 6 heteroatoms. The van der Waals surface area contributed by atoms with Crippen LogP contribution >= 0.6 is 0 Å². The van der Waals surface area contributed by atoms with Gasteiger partial charge in [0.05, 0.1) is 7.11 Å². The topological polar surface area (TPSA) is 75.7 Å². The third kappa shape index (κ3) is 4.38. The molecule has 1 N–H and O–H groups in total. The number of ether oxygens (including phenoxy) is 1. The highest BCUT2D eigenvalue weighted by molar-refractivity contribution is 5.97. The first-order chi connectivity index (χ1) is 9.47. The first-order valence-corrected chi connectivity index (χ1v) is 6.21. The minimum Gasteiger partial charge on any atom is -0.468 e. The number of hydrogen-bond donors (Lipinski definition) is 1. The van der Waals surface area contributed by atoms with Crippen molar-refractivity contribution in [2.45, 2.75) is 13.8 Å². The number of rotatable bonds is 5. The second-order valence-corrected chi connectivity index (χ2v) is 4.16. The Morgan fingerprint density at radius 3 is 2.55 bits per heavy atom. The van der Waals surface area contributed by atoms with Crippen molar-refractivity contribution in [2.24, 2.45) is 0 Å². The summed E-state index contributed by atoms with van der Waals surface area (Å²) in [5.41, 5.74) is 1.02. The zero-order valence-electron chi connectivity index (χ0n) is 11.8. The van der Waals surface area contributed by atoms with Crippen LogP contribution in [0.2, 0.25) is 0 Å². The fraction of sp³-hybridized carbons (Fsp3) is 0.357. The van der Waals surface area contributed by atoms with Gasteiger partial charge in [-0.15, -0.1) is 0 Å². The van der Waals surface area contributed by atoms with Crippen molar-refractivity contribution in [3.63, 3.8) is 0 Å². The van der Waals surface area contributed by atoms with Crippen molar-refractivity contribution in [3.05, 3.63) is 29.8 Å². The van der Waals surface area contributed by atoms with Gasteiger partial charge in [-0.25, -0.2) is 4.79 Å². The lowest BCUT2D eigenvalue weighted by molar-refractivity contribution is -0.141. The molecule has 1 aromatic carbocycles. The SMILES string of the molecule is CCN(CC(=O)OC)C(=O)Nc1cccc(C(C)=O)c1. The molecule has 0 atom stereocenters. The molecule has 0 spiro atoms. The second-order valence-electron chi connectivity index (χ2n) is 4.16. The van der Waals surface area contributed by atoms with E-state index >= 15 is 0 Å². The number of carbonyl (C=O) groups excluding carboxylic acids is 3. The maximum atomic E-state index is 12.0. The largest absolute Gasteiger partial charge is 0.468 e. The molecule has 108 valence electrons. The maximum absolute atomic E-state index is 12.0. The summed E-state index contributed by atoms with van der Waals surface area (Å²) < 4.78 is 4.53. The summed E-state index contributed by atoms with van der Waals surface area (Å²) in [5, 5.41) is 2.64. The molecule has 0 unspecified atom stereocenters. The van der Waals surface area contributed by atoms with Crippen LogP contribution in [0.15, 0.2) is 24.3 Å². The van der Waals surface area contributed by atoms with E-state index in [1.807, 2.05) is 0 Å². The molecule has 0 aromatic heterocycles. The van der Waals surface area contributed by atoms with Crippen molar-refractivity contribution < 1.29 is 19.1 Å². The molecule has 1 aromatic rings. The Hall–Kier alpha value is -2.37. The average molecular weight is 278 g/mol. The van der Waals surface area contributed by atoms with Gasteiger partial charge in [0.1, 0.15) is 6.54 Å². The predicted octanol–water partition coefficient (Wildman–Crippen LogP) is 1.92. The zero-order valence-corrected chi connectivity index (χ0v) is 11.8. The number of Topliss-reactive ketones (excluding diaryl/α,β-unsaturated/α-hetero) is 1. The molecular formula is C14H18N2O4. The summed E-state index contributed by atoms with van der Waals surface area (Å²) in [6.07, 6.45) is 0. The molecular weight excluding hydrogens is 260 g/mol. The van der Waals surface area contributed by atoms with Crippen LogP contribution in [0, 0.1) is 0 Å². The van der Waals surface area contributed by atoms with E-state index in [1.54, 1.807) is 31.2 Å². The van der Waals surface area contributed by atoms with Gasteiger partial charge in [0, 0.05) is 17.8 Å². The van der Waals surface area contributed by atoms with E-state index in [9.17, 15) is 14.4 Å². The number of amides is 2. The Labute approximate surface area is 117 Å². The molecule has 0 saturated carbocycles. The van der Waals surface area contributed by atoms with Gasteiger partial charge in [0.2, 0.25) is 0 Å². The summed E-state index contributed by atoms with van der Waals surface area (Å²) >= 11 is 0. The Morgan fingerprint density at radius 2 is 2.00 bits per heavy atom. The number of esters is 1. The van der Waals surface area contributed by atoms with E-state index in [2.05, 4.69) is 10.1 Å². The zero-order chi connectivity index (χ0) is 15.1. The number of carbonyl (C=O) groups is 3. The van der Waals surface area contributed by atoms with Gasteiger partial charge in [-0.1, -0.05) is 12.1 Å². The lowest BCUT2D eigenvalue weighted by Gasteiger charge is -2.20. The van der Waals surface area contributed by atoms with Crippen LogP contribution in [0.3, 0.4) is 0 Å². The molecule has 6 nitrogen and oxygen atoms in total. The summed E-state index contributed by atoms with van der Waals surface area (Å²) in [5.74, 6) is -0.567. The lowest BCUT2D eigenvalue weighted by atomic mass is 10.1. The molecule has 0 bridgehead atoms. The highest BCUT2D eigenvalue weighted by atomic mass is 16.5. The molecule has 0 heterocycles. The van der Waals surface area contributed by atoms with Crippen molar-refractivity contribution in [1.29, 1.82) is 0 Å². The molecule has 2 amide bonds. The van der Waals surface area contributed by atoms with Crippen LogP contribution in [-0.4, -0.2) is 42.9 Å². The molecule has 0 aliphatic heterocycles. The lowest BCUT2D eigenvalue weighted by Crippen LogP contribution is -2.39. The monoisotopic (exact) mass is 278 g/mol. The van der Waals surface area contributed by atoms with Crippen molar-refractivity contribution in [3.8, 4) is 0 Å². The van der Waals surface area contributed by atoms with Crippen LogP contribution in [0.25, 0.3) is 0 Å². The number of ketones is 1. The number of nitrogens with zero attached hydrogens (tertiary/aromatic N) is 1. The van der Waals surface area contributed by atoms with Crippen LogP contribution in [-0.2, 0) is 9.53 Å². The first-order valence-electron chi connectivity index (χ1n) is 6.21. The van der Waals surface area contributed by atoms with E-state index in [1.165, 1.54) is 18.9 Å². The van der Waals surface area contributed by atoms with E-state index in [4.69, 9.17) is 0 Å². The molecule has 1 rings (SSSR count). The van der Waals surface area contributed by atoms with Gasteiger partial charge < -0.3 is 15.0 Å². The highest BCUT2D eigenvalue weighted by Gasteiger charge is 2.16. The molecule has 0 saturated heterocycles. The van der Waals surface area contributed by atoms with Crippen LogP contribution < -0.4 is 5.32 Å². The highest BCUT2D eigenvalue weighted by Crippen LogP contribution is 2.12. The maximum Gasteiger partial charge on any atom is 0.325 e. The Balaban J connectivity index is 2.75. The van der Waals surface area contributed by atoms with E-state index in [0.29, 0.717) is 17.8 Å². The minimum absolute atomic E-state index is 0.0805. The third-order valence-corrected chi connectivity index (χ3v) is 2.74. The van der Waals surface area contributed by atoms with Gasteiger partial charge in [-0.3, -0.25) is 9.59 Å². The van der Waals surface area contributed by atoms with Crippen LogP contribution in [0.1, 0.15) is 24.2 Å². The fourth-order valence-electron chi connectivity index (χ4n) is 1.57. The fourth-order valence-corrected chi connectivity index (χ4v) is 1.57. The van der Waals surface area contributed by atoms with E-state index in [0.717, 1.165) is 0 Å². The summed E-state index contributed by atoms with van der Waals surface area (Å²) in [4.78, 5) is 35.8. The standard InChI is InChI=1S/C14H18N2O4/c1-4-16(9-13(18)20-3)14(19)15-12-7-5-6-11(8-12)10(2)17/h5-8H,4,9H2,1-3H3,(H,15,19). The Bertz CT molecular complexity index is 514. The molecule has 0 fully saturated rings. The number of anilines is 1. The number of urea groups is 1. The number of likely N-dealkylation sites (N-methyl/N-ethyl adjacent to an activating group) is 1. The number of methoxy groups -OCH3 is 1. The third-order valence-electron chi connectivity index (χ3n) is 2.74. The van der Waals surface area contributed by atoms with Gasteiger partial charge in [0.15, 0.2) is 5.78 Å². The van der Waals surface area contributed by atoms with Gasteiger partial charge in [-0.05, 0) is 26.0 Å². The van der Waals surface area contributed by atoms with Crippen LogP contribution in [0.5, 0.6) is 0 Å². The molecule has 20 heavy (non-hydrogen) atoms. The predicted molar refractivity (Wildman–Crippen MR) is 74.7 cm³/mol. The minimum atomic E-state index is -0.487. The van der Waals surface area contributed by atoms with Crippen molar-refractivity contribution in [2.75, 3.05) is 25.5 Å². The van der Waals surface area contributed by atoms with E-state index in [-0.39, 0.29) is 12.3 Å². The molecule has 0 aliphatic rings. The van der Waals surface area contributed by atoms with Gasteiger partial charge in [0.25, 0.3) is 0 Å². The number of nitrogens with one attached hydrogen (secondary N) is 1. The van der Waals surface area contributed by atoms with Gasteiger partial charge in [-0.2, -0.15) is 0 Å². The second kappa shape index (κ2) is 7.28. The quantitative estimate of drug-likeness (QED) is 0.659. The summed E-state index contributed by atoms with van der Waals surface area (Å²) in [6, 6.07) is 6.20. The summed E-state index contributed by atoms with van der Waals surface area (Å²) in [7, 11) is 1.27. The number of benzene rings is 1. The summed E-state index contributed by atoms with van der Waals surface area (Å²) in [6.45, 7) is 3.46. The first kappa shape index (κ1) is 15.7. The number of hydrogen-bond acceptors (Lipinski definition) is 4. The van der Waals surface area contributed by atoms with Gasteiger partial charge >= 0.3 is 12.0 Å². The van der Waals surface area contributed by atoms with E-state index < -0.39 is 12.0 Å². The smallest absolute Gasteiger partial charge is 0.325 e. The average Bonchev–Trinajstić information content (AvgIpc) is 2.44. The van der Waals surface area contributed by atoms with Crippen LogP contribution in [0.4, 0.5) is 10.5 Å². The molecule has 0 aliphatic carbocycles.